The lowest BCUT2D eigenvalue weighted by atomic mass is 9.96. The maximum atomic E-state index is 12.2. The summed E-state index contributed by atoms with van der Waals surface area (Å²) in [5, 5.41) is 6.13. The Morgan fingerprint density at radius 1 is 1.11 bits per heavy atom. The zero-order chi connectivity index (χ0) is 26.6. The molecular formula is C27H36N4O5. The Labute approximate surface area is 212 Å². The summed E-state index contributed by atoms with van der Waals surface area (Å²) in [5.74, 6) is 0.275. The third kappa shape index (κ3) is 9.50. The van der Waals surface area contributed by atoms with Crippen LogP contribution in [-0.4, -0.2) is 44.0 Å². The molecule has 0 radical (unpaired) electrons. The van der Waals surface area contributed by atoms with Crippen LogP contribution in [0.25, 0.3) is 21.6 Å². The number of benzene rings is 2. The molecule has 1 atom stereocenters. The van der Waals surface area contributed by atoms with E-state index >= 15 is 0 Å². The van der Waals surface area contributed by atoms with Gasteiger partial charge < -0.3 is 19.5 Å². The van der Waals surface area contributed by atoms with Crippen molar-refractivity contribution in [3.05, 3.63) is 64.0 Å². The van der Waals surface area contributed by atoms with Crippen LogP contribution in [0.4, 0.5) is 4.79 Å². The predicted octanol–water partition coefficient (Wildman–Crippen LogP) is 5.99. The molecule has 2 aromatic rings. The van der Waals surface area contributed by atoms with Crippen LogP contribution in [0, 0.1) is 0 Å². The lowest BCUT2D eigenvalue weighted by Crippen LogP contribution is -2.45. The second kappa shape index (κ2) is 14.0. The van der Waals surface area contributed by atoms with Crippen molar-refractivity contribution < 1.29 is 23.8 Å². The number of esters is 1. The largest absolute Gasteiger partial charge is 0.494 e. The number of aryl methyl sites for hydroxylation is 1. The van der Waals surface area contributed by atoms with Crippen LogP contribution in [0.1, 0.15) is 51.7 Å². The maximum Gasteiger partial charge on any atom is 0.408 e. The number of hydrogen-bond donors (Lipinski definition) is 1. The molecule has 0 fully saturated rings. The molecule has 1 unspecified atom stereocenters. The van der Waals surface area contributed by atoms with Gasteiger partial charge in [-0.05, 0) is 80.0 Å². The molecule has 9 heteroatoms. The molecule has 194 valence electrons. The van der Waals surface area contributed by atoms with Gasteiger partial charge in [0.05, 0.1) is 13.7 Å². The highest BCUT2D eigenvalue weighted by Crippen LogP contribution is 2.28. The van der Waals surface area contributed by atoms with Gasteiger partial charge in [0.15, 0.2) is 0 Å². The first-order valence-electron chi connectivity index (χ1n) is 12.1. The van der Waals surface area contributed by atoms with Crippen molar-refractivity contribution in [2.24, 2.45) is 5.11 Å². The Hall–Kier alpha value is -3.71. The van der Waals surface area contributed by atoms with Crippen LogP contribution in [0.15, 0.2) is 47.6 Å². The zero-order valence-electron chi connectivity index (χ0n) is 21.7. The molecule has 2 rings (SSSR count). The number of hydrogen-bond acceptors (Lipinski definition) is 6. The number of nitrogens with one attached hydrogen (secondary N) is 1. The van der Waals surface area contributed by atoms with Crippen LogP contribution in [0.3, 0.4) is 0 Å². The van der Waals surface area contributed by atoms with Gasteiger partial charge in [-0.1, -0.05) is 42.4 Å². The van der Waals surface area contributed by atoms with Crippen molar-refractivity contribution in [2.75, 3.05) is 20.3 Å². The highest BCUT2D eigenvalue weighted by Gasteiger charge is 2.25. The standard InChI is InChI=1S/C27H36N4O5/c1-6-20-18-22(35-16-8-7-15-29-31-28)13-14-23(20)21-11-9-19(10-12-21)17-24(25(32)34-5)30-26(33)36-27(2,3)4/h9-14,18,24H,6-8,15-17H2,1-5H3,(H,30,33). The second-order valence-corrected chi connectivity index (χ2v) is 9.31. The van der Waals surface area contributed by atoms with Crippen molar-refractivity contribution in [1.29, 1.82) is 0 Å². The number of ether oxygens (including phenoxy) is 3. The Kier molecular flexibility index (Phi) is 11.1. The van der Waals surface area contributed by atoms with Crippen LogP contribution >= 0.6 is 0 Å². The molecule has 0 spiro atoms. The Bertz CT molecular complexity index is 1060. The van der Waals surface area contributed by atoms with Crippen molar-refractivity contribution in [2.45, 2.75) is 65.0 Å². The smallest absolute Gasteiger partial charge is 0.408 e. The van der Waals surface area contributed by atoms with E-state index in [4.69, 9.17) is 19.7 Å². The molecule has 36 heavy (non-hydrogen) atoms. The number of carbonyl (C=O) groups is 2. The molecule has 0 heterocycles. The summed E-state index contributed by atoms with van der Waals surface area (Å²) >= 11 is 0. The first kappa shape index (κ1) is 28.5. The highest BCUT2D eigenvalue weighted by molar-refractivity contribution is 5.81. The predicted molar refractivity (Wildman–Crippen MR) is 139 cm³/mol. The lowest BCUT2D eigenvalue weighted by Gasteiger charge is -2.22. The van der Waals surface area contributed by atoms with E-state index in [1.54, 1.807) is 20.8 Å². The van der Waals surface area contributed by atoms with E-state index in [2.05, 4.69) is 28.3 Å². The summed E-state index contributed by atoms with van der Waals surface area (Å²) in [6.07, 6.45) is 2.06. The second-order valence-electron chi connectivity index (χ2n) is 9.31. The van der Waals surface area contributed by atoms with Crippen LogP contribution in [-0.2, 0) is 27.1 Å². The Morgan fingerprint density at radius 3 is 2.44 bits per heavy atom. The van der Waals surface area contributed by atoms with Gasteiger partial charge >= 0.3 is 12.1 Å². The molecule has 1 amide bonds. The van der Waals surface area contributed by atoms with Crippen LogP contribution < -0.4 is 10.1 Å². The number of amides is 1. The van der Waals surface area contributed by atoms with E-state index in [-0.39, 0.29) is 6.42 Å². The van der Waals surface area contributed by atoms with E-state index < -0.39 is 23.7 Å². The summed E-state index contributed by atoms with van der Waals surface area (Å²) in [6.45, 7) is 8.42. The van der Waals surface area contributed by atoms with Crippen molar-refractivity contribution in [3.8, 4) is 16.9 Å². The molecule has 0 bridgehead atoms. The molecule has 0 saturated heterocycles. The molecule has 0 aliphatic rings. The van der Waals surface area contributed by atoms with E-state index in [0.29, 0.717) is 13.2 Å². The van der Waals surface area contributed by atoms with Gasteiger partial charge in [0.25, 0.3) is 0 Å². The van der Waals surface area contributed by atoms with Crippen molar-refractivity contribution in [1.82, 2.24) is 5.32 Å². The Morgan fingerprint density at radius 2 is 1.83 bits per heavy atom. The number of methoxy groups -OCH3 is 1. The third-order valence-electron chi connectivity index (χ3n) is 5.32. The Balaban J connectivity index is 2.07. The molecule has 2 aromatic carbocycles. The van der Waals surface area contributed by atoms with Gasteiger partial charge in [-0.3, -0.25) is 0 Å². The maximum absolute atomic E-state index is 12.2. The van der Waals surface area contributed by atoms with Gasteiger partial charge in [-0.25, -0.2) is 9.59 Å². The van der Waals surface area contributed by atoms with Crippen LogP contribution in [0.2, 0.25) is 0 Å². The van der Waals surface area contributed by atoms with Crippen molar-refractivity contribution >= 4 is 12.1 Å². The first-order chi connectivity index (χ1) is 17.2. The number of nitrogens with zero attached hydrogens (tertiary/aromatic N) is 3. The fraction of sp³-hybridized carbons (Fsp3) is 0.481. The topological polar surface area (TPSA) is 123 Å². The summed E-state index contributed by atoms with van der Waals surface area (Å²) in [6, 6.07) is 13.1. The minimum Gasteiger partial charge on any atom is -0.494 e. The van der Waals surface area contributed by atoms with E-state index in [0.717, 1.165) is 47.3 Å². The monoisotopic (exact) mass is 496 g/mol. The number of carbonyl (C=O) groups excluding carboxylic acids is 2. The molecular weight excluding hydrogens is 460 g/mol. The minimum atomic E-state index is -0.856. The number of azide groups is 1. The van der Waals surface area contributed by atoms with E-state index in [1.807, 2.05) is 36.4 Å². The normalized spacial score (nSPS) is 11.7. The summed E-state index contributed by atoms with van der Waals surface area (Å²) in [4.78, 5) is 27.2. The molecule has 0 aromatic heterocycles. The molecule has 0 aliphatic carbocycles. The molecule has 9 nitrogen and oxygen atoms in total. The molecule has 0 saturated carbocycles. The van der Waals surface area contributed by atoms with Gasteiger partial charge in [-0.2, -0.15) is 0 Å². The van der Waals surface area contributed by atoms with Gasteiger partial charge in [0.1, 0.15) is 17.4 Å². The summed E-state index contributed by atoms with van der Waals surface area (Å²) < 4.78 is 16.0. The van der Waals surface area contributed by atoms with Gasteiger partial charge in [0.2, 0.25) is 0 Å². The van der Waals surface area contributed by atoms with Gasteiger partial charge in [0, 0.05) is 17.9 Å². The average molecular weight is 497 g/mol. The lowest BCUT2D eigenvalue weighted by molar-refractivity contribution is -0.143. The minimum absolute atomic E-state index is 0.277. The average Bonchev–Trinajstić information content (AvgIpc) is 2.84. The molecule has 0 aliphatic heterocycles. The van der Waals surface area contributed by atoms with Crippen molar-refractivity contribution in [3.63, 3.8) is 0 Å². The summed E-state index contributed by atoms with van der Waals surface area (Å²) in [7, 11) is 1.29. The fourth-order valence-corrected chi connectivity index (χ4v) is 3.59. The van der Waals surface area contributed by atoms with Gasteiger partial charge in [-0.15, -0.1) is 0 Å². The summed E-state index contributed by atoms with van der Waals surface area (Å²) in [5.41, 5.74) is 11.8. The highest BCUT2D eigenvalue weighted by atomic mass is 16.6. The number of rotatable bonds is 12. The SMILES string of the molecule is CCc1cc(OCCCCN=[N+]=[N-])ccc1-c1ccc(CC(NC(=O)OC(C)(C)C)C(=O)OC)cc1. The first-order valence-corrected chi connectivity index (χ1v) is 12.1. The fourth-order valence-electron chi connectivity index (χ4n) is 3.59. The van der Waals surface area contributed by atoms with E-state index in [1.165, 1.54) is 7.11 Å². The zero-order valence-corrected chi connectivity index (χ0v) is 21.7. The quantitative estimate of drug-likeness (QED) is 0.127. The van der Waals surface area contributed by atoms with Crippen LogP contribution in [0.5, 0.6) is 5.75 Å². The number of unbranched alkanes of at least 4 members (excludes halogenated alkanes) is 1. The third-order valence-corrected chi connectivity index (χ3v) is 5.32. The molecule has 1 N–H and O–H groups in total. The van der Waals surface area contributed by atoms with E-state index in [9.17, 15) is 9.59 Å². The number of alkyl carbamates (subject to hydrolysis) is 1.